The molecule has 144 valence electrons. The van der Waals surface area contributed by atoms with E-state index in [2.05, 4.69) is 24.1 Å². The number of carbonyl (C=O) groups is 1. The van der Waals surface area contributed by atoms with Gasteiger partial charge in [-0.3, -0.25) is 9.79 Å². The van der Waals surface area contributed by atoms with Gasteiger partial charge in [0, 0.05) is 19.6 Å². The van der Waals surface area contributed by atoms with Crippen molar-refractivity contribution in [3.8, 4) is 0 Å². The molecule has 26 heavy (non-hydrogen) atoms. The molecule has 0 aromatic heterocycles. The summed E-state index contributed by atoms with van der Waals surface area (Å²) in [5.41, 5.74) is 6.47. The molecule has 1 aliphatic rings. The minimum Gasteiger partial charge on any atom is -0.369 e. The lowest BCUT2D eigenvalue weighted by molar-refractivity contribution is -0.121. The molecule has 1 aliphatic heterocycles. The molecule has 1 saturated heterocycles. The van der Waals surface area contributed by atoms with Crippen LogP contribution in [-0.4, -0.2) is 42.9 Å². The fraction of sp³-hybridized carbons (Fsp3) is 0.600. The van der Waals surface area contributed by atoms with Gasteiger partial charge in [-0.15, -0.1) is 0 Å². The van der Waals surface area contributed by atoms with Gasteiger partial charge in [-0.1, -0.05) is 26.0 Å². The number of nitrogens with two attached hydrogens (primary N) is 1. The van der Waals surface area contributed by atoms with E-state index in [0.29, 0.717) is 24.8 Å². The summed E-state index contributed by atoms with van der Waals surface area (Å²) in [7, 11) is 0. The molecular weight excluding hydrogens is 331 g/mol. The molecule has 1 heterocycles. The first-order valence-electron chi connectivity index (χ1n) is 9.46. The van der Waals surface area contributed by atoms with Crippen LogP contribution in [0.2, 0.25) is 0 Å². The van der Waals surface area contributed by atoms with Gasteiger partial charge >= 0.3 is 0 Å². The van der Waals surface area contributed by atoms with Crippen molar-refractivity contribution in [2.24, 2.45) is 28.5 Å². The minimum absolute atomic E-state index is 0.287. The second kappa shape index (κ2) is 9.55. The zero-order valence-corrected chi connectivity index (χ0v) is 16.0. The molecule has 6 heteroatoms. The molecule has 3 atom stereocenters. The maximum Gasteiger partial charge on any atom is 0.222 e. The van der Waals surface area contributed by atoms with Crippen molar-refractivity contribution in [1.29, 1.82) is 0 Å². The van der Waals surface area contributed by atoms with Crippen LogP contribution in [0.5, 0.6) is 0 Å². The van der Waals surface area contributed by atoms with Crippen LogP contribution in [0.15, 0.2) is 29.3 Å². The number of carbonyl (C=O) groups excluding carboxylic acids is 1. The van der Waals surface area contributed by atoms with Gasteiger partial charge < -0.3 is 16.0 Å². The molecule has 0 radical (unpaired) electrons. The Balaban J connectivity index is 2.08. The maximum atomic E-state index is 13.1. The first kappa shape index (κ1) is 20.2. The summed E-state index contributed by atoms with van der Waals surface area (Å²) in [6, 6.07) is 6.18. The maximum absolute atomic E-state index is 13.1. The molecule has 0 aliphatic carbocycles. The highest BCUT2D eigenvalue weighted by Gasteiger charge is 2.24. The van der Waals surface area contributed by atoms with Gasteiger partial charge in [0.05, 0.1) is 12.5 Å². The molecule has 1 aromatic rings. The summed E-state index contributed by atoms with van der Waals surface area (Å²) in [6.45, 7) is 9.59. The van der Waals surface area contributed by atoms with Crippen molar-refractivity contribution in [3.63, 3.8) is 0 Å². The van der Waals surface area contributed by atoms with Crippen molar-refractivity contribution < 1.29 is 9.18 Å². The SMILES string of the molecule is CCNC(=NCC(Cc1ccc(F)cc1)C(N)=O)N1CC(C)CC(C)C1. The van der Waals surface area contributed by atoms with Crippen molar-refractivity contribution >= 4 is 11.9 Å². The predicted molar refractivity (Wildman–Crippen MR) is 103 cm³/mol. The summed E-state index contributed by atoms with van der Waals surface area (Å²) < 4.78 is 13.1. The molecule has 3 unspecified atom stereocenters. The summed E-state index contributed by atoms with van der Waals surface area (Å²) in [6.07, 6.45) is 1.69. The number of likely N-dealkylation sites (tertiary alicyclic amines) is 1. The molecule has 1 amide bonds. The van der Waals surface area contributed by atoms with Crippen LogP contribution in [0.3, 0.4) is 0 Å². The number of guanidine groups is 1. The molecule has 5 nitrogen and oxygen atoms in total. The highest BCUT2D eigenvalue weighted by molar-refractivity contribution is 5.81. The van der Waals surface area contributed by atoms with Gasteiger partial charge in [0.1, 0.15) is 5.82 Å². The van der Waals surface area contributed by atoms with E-state index in [1.165, 1.54) is 18.6 Å². The average molecular weight is 362 g/mol. The van der Waals surface area contributed by atoms with Crippen LogP contribution in [-0.2, 0) is 11.2 Å². The van der Waals surface area contributed by atoms with Crippen molar-refractivity contribution in [3.05, 3.63) is 35.6 Å². The molecule has 2 rings (SSSR count). The van der Waals surface area contributed by atoms with E-state index in [1.54, 1.807) is 12.1 Å². The number of primary amides is 1. The van der Waals surface area contributed by atoms with E-state index in [9.17, 15) is 9.18 Å². The number of halogens is 1. The number of piperidine rings is 1. The number of nitrogens with one attached hydrogen (secondary N) is 1. The lowest BCUT2D eigenvalue weighted by Crippen LogP contribution is -2.48. The number of nitrogens with zero attached hydrogens (tertiary/aromatic N) is 2. The quantitative estimate of drug-likeness (QED) is 0.603. The predicted octanol–water partition coefficient (Wildman–Crippen LogP) is 2.41. The summed E-state index contributed by atoms with van der Waals surface area (Å²) in [4.78, 5) is 18.8. The van der Waals surface area contributed by atoms with Gasteiger partial charge in [0.25, 0.3) is 0 Å². The number of hydrogen-bond acceptors (Lipinski definition) is 2. The van der Waals surface area contributed by atoms with Crippen LogP contribution in [0, 0.1) is 23.6 Å². The molecule has 1 fully saturated rings. The minimum atomic E-state index is -0.409. The van der Waals surface area contributed by atoms with Crippen LogP contribution >= 0.6 is 0 Å². The van der Waals surface area contributed by atoms with E-state index in [-0.39, 0.29) is 11.7 Å². The Morgan fingerprint density at radius 1 is 1.31 bits per heavy atom. The van der Waals surface area contributed by atoms with E-state index < -0.39 is 5.92 Å². The fourth-order valence-corrected chi connectivity index (χ4v) is 3.62. The Morgan fingerprint density at radius 2 is 1.92 bits per heavy atom. The van der Waals surface area contributed by atoms with Crippen LogP contribution < -0.4 is 11.1 Å². The second-order valence-electron chi connectivity index (χ2n) is 7.48. The zero-order chi connectivity index (χ0) is 19.1. The number of hydrogen-bond donors (Lipinski definition) is 2. The molecule has 3 N–H and O–H groups in total. The first-order valence-corrected chi connectivity index (χ1v) is 9.46. The molecule has 1 aromatic carbocycles. The van der Waals surface area contributed by atoms with Crippen molar-refractivity contribution in [2.45, 2.75) is 33.6 Å². The Labute approximate surface area is 155 Å². The zero-order valence-electron chi connectivity index (χ0n) is 16.0. The third-order valence-electron chi connectivity index (χ3n) is 4.76. The van der Waals surface area contributed by atoms with E-state index >= 15 is 0 Å². The Kier molecular flexibility index (Phi) is 7.42. The van der Waals surface area contributed by atoms with Crippen LogP contribution in [0.4, 0.5) is 4.39 Å². The average Bonchev–Trinajstić information content (AvgIpc) is 2.58. The van der Waals surface area contributed by atoms with Crippen molar-refractivity contribution in [1.82, 2.24) is 10.2 Å². The summed E-state index contributed by atoms with van der Waals surface area (Å²) in [5.74, 6) is 1.01. The van der Waals surface area contributed by atoms with E-state index in [0.717, 1.165) is 31.2 Å². The Morgan fingerprint density at radius 3 is 2.46 bits per heavy atom. The topological polar surface area (TPSA) is 70.7 Å². The summed E-state index contributed by atoms with van der Waals surface area (Å²) >= 11 is 0. The second-order valence-corrected chi connectivity index (χ2v) is 7.48. The van der Waals surface area contributed by atoms with Gasteiger partial charge in [0.15, 0.2) is 5.96 Å². The van der Waals surface area contributed by atoms with Gasteiger partial charge in [-0.2, -0.15) is 0 Å². The smallest absolute Gasteiger partial charge is 0.222 e. The molecular formula is C20H31FN4O. The fourth-order valence-electron chi connectivity index (χ4n) is 3.62. The largest absolute Gasteiger partial charge is 0.369 e. The first-order chi connectivity index (χ1) is 12.4. The van der Waals surface area contributed by atoms with Crippen LogP contribution in [0.25, 0.3) is 0 Å². The third-order valence-corrected chi connectivity index (χ3v) is 4.76. The number of aliphatic imine (C=N–C) groups is 1. The van der Waals surface area contributed by atoms with Crippen molar-refractivity contribution in [2.75, 3.05) is 26.2 Å². The number of benzene rings is 1. The highest BCUT2D eigenvalue weighted by Crippen LogP contribution is 2.21. The Hall–Kier alpha value is -2.11. The number of rotatable bonds is 6. The number of amides is 1. The standard InChI is InChI=1S/C20H31FN4O/c1-4-23-20(25-12-14(2)9-15(3)13-25)24-11-17(19(22)26)10-16-5-7-18(21)8-6-16/h5-8,14-15,17H,4,9-13H2,1-3H3,(H2,22,26)(H,23,24). The molecule has 0 spiro atoms. The third kappa shape index (κ3) is 6.00. The normalized spacial score (nSPS) is 22.2. The van der Waals surface area contributed by atoms with E-state index in [4.69, 9.17) is 10.7 Å². The van der Waals surface area contributed by atoms with Gasteiger partial charge in [-0.25, -0.2) is 4.39 Å². The van der Waals surface area contributed by atoms with Crippen LogP contribution in [0.1, 0.15) is 32.8 Å². The lowest BCUT2D eigenvalue weighted by atomic mass is 9.92. The van der Waals surface area contributed by atoms with E-state index in [1.807, 2.05) is 6.92 Å². The lowest BCUT2D eigenvalue weighted by Gasteiger charge is -2.37. The monoisotopic (exact) mass is 362 g/mol. The summed E-state index contributed by atoms with van der Waals surface area (Å²) in [5, 5.41) is 3.33. The molecule has 0 saturated carbocycles. The Bertz CT molecular complexity index is 607. The van der Waals surface area contributed by atoms with Gasteiger partial charge in [0.2, 0.25) is 5.91 Å². The molecule has 0 bridgehead atoms. The van der Waals surface area contributed by atoms with Gasteiger partial charge in [-0.05, 0) is 49.3 Å². The highest BCUT2D eigenvalue weighted by atomic mass is 19.1.